The van der Waals surface area contributed by atoms with E-state index in [2.05, 4.69) is 10.5 Å². The van der Waals surface area contributed by atoms with Crippen LogP contribution < -0.4 is 10.8 Å². The number of nitrogens with one attached hydrogen (secondary N) is 2. The SMILES string of the molecule is N=c1ccn(C/C(=N\Nc2ccc([N+](=O)[O-])cc2[N+](=O)[O-])c2ccc(Cl)cc2)cc1. The Hall–Kier alpha value is -4.05. The number of anilines is 1. The fraction of sp³-hybridized carbons (Fsp3) is 0.0526. The highest BCUT2D eigenvalue weighted by molar-refractivity contribution is 6.30. The number of halogens is 1. The summed E-state index contributed by atoms with van der Waals surface area (Å²) >= 11 is 5.95. The molecule has 3 rings (SSSR count). The molecule has 0 aliphatic carbocycles. The van der Waals surface area contributed by atoms with Crippen LogP contribution in [-0.2, 0) is 6.54 Å². The van der Waals surface area contributed by atoms with Crippen LogP contribution in [0.4, 0.5) is 17.1 Å². The lowest BCUT2D eigenvalue weighted by Crippen LogP contribution is -2.15. The number of benzene rings is 2. The molecule has 30 heavy (non-hydrogen) atoms. The molecule has 2 N–H and O–H groups in total. The number of rotatable bonds is 7. The van der Waals surface area contributed by atoms with Gasteiger partial charge in [0.25, 0.3) is 5.69 Å². The van der Waals surface area contributed by atoms with E-state index in [9.17, 15) is 20.2 Å². The zero-order chi connectivity index (χ0) is 21.7. The maximum absolute atomic E-state index is 11.3. The summed E-state index contributed by atoms with van der Waals surface area (Å²) in [6.07, 6.45) is 3.42. The van der Waals surface area contributed by atoms with Crippen LogP contribution in [0.5, 0.6) is 0 Å². The van der Waals surface area contributed by atoms with Gasteiger partial charge in [-0.2, -0.15) is 5.10 Å². The molecule has 10 nitrogen and oxygen atoms in total. The number of non-ortho nitro benzene ring substituents is 1. The summed E-state index contributed by atoms with van der Waals surface area (Å²) in [4.78, 5) is 20.8. The summed E-state index contributed by atoms with van der Waals surface area (Å²) in [6.45, 7) is 0.301. The predicted octanol–water partition coefficient (Wildman–Crippen LogP) is 3.95. The summed E-state index contributed by atoms with van der Waals surface area (Å²) in [5, 5.41) is 35.0. The van der Waals surface area contributed by atoms with Crippen molar-refractivity contribution in [2.24, 2.45) is 5.10 Å². The van der Waals surface area contributed by atoms with Crippen LogP contribution in [0.2, 0.25) is 5.02 Å². The molecule has 0 saturated heterocycles. The molecule has 0 amide bonds. The molecule has 0 aliphatic heterocycles. The Morgan fingerprint density at radius 2 is 1.70 bits per heavy atom. The Morgan fingerprint density at radius 3 is 2.30 bits per heavy atom. The van der Waals surface area contributed by atoms with Crippen molar-refractivity contribution >= 4 is 34.4 Å². The molecule has 0 atom stereocenters. The number of aromatic nitrogens is 1. The topological polar surface area (TPSA) is 139 Å². The van der Waals surface area contributed by atoms with Gasteiger partial charge in [-0.1, -0.05) is 23.7 Å². The van der Waals surface area contributed by atoms with E-state index >= 15 is 0 Å². The highest BCUT2D eigenvalue weighted by Gasteiger charge is 2.19. The van der Waals surface area contributed by atoms with Gasteiger partial charge < -0.3 is 9.98 Å². The number of nitro benzene ring substituents is 2. The fourth-order valence-corrected chi connectivity index (χ4v) is 2.70. The molecule has 0 aliphatic rings. The van der Waals surface area contributed by atoms with E-state index in [1.165, 1.54) is 6.07 Å². The number of nitrogens with zero attached hydrogens (tertiary/aromatic N) is 4. The van der Waals surface area contributed by atoms with Gasteiger partial charge in [-0.3, -0.25) is 25.7 Å². The lowest BCUT2D eigenvalue weighted by Gasteiger charge is -2.11. The Morgan fingerprint density at radius 1 is 1.03 bits per heavy atom. The van der Waals surface area contributed by atoms with E-state index in [-0.39, 0.29) is 11.4 Å². The molecule has 1 aromatic heterocycles. The molecule has 0 saturated carbocycles. The van der Waals surface area contributed by atoms with E-state index < -0.39 is 15.5 Å². The molecule has 0 bridgehead atoms. The van der Waals surface area contributed by atoms with Gasteiger partial charge in [0.1, 0.15) is 5.69 Å². The second-order valence-corrected chi connectivity index (χ2v) is 6.59. The van der Waals surface area contributed by atoms with Crippen LogP contribution in [0.3, 0.4) is 0 Å². The van der Waals surface area contributed by atoms with E-state index in [0.29, 0.717) is 22.6 Å². The maximum atomic E-state index is 11.3. The standard InChI is InChI=1S/C19H15ClN6O4/c20-14-3-1-13(2-4-14)18(12-24-9-7-15(21)8-10-24)23-22-17-6-5-16(25(27)28)11-19(17)26(29)30/h1-11,21-22H,12H2/b23-18+. The van der Waals surface area contributed by atoms with Crippen molar-refractivity contribution in [2.45, 2.75) is 6.54 Å². The van der Waals surface area contributed by atoms with Crippen molar-refractivity contribution in [1.29, 1.82) is 5.41 Å². The summed E-state index contributed by atoms with van der Waals surface area (Å²) in [5.41, 5.74) is 3.06. The van der Waals surface area contributed by atoms with Crippen LogP contribution in [0.15, 0.2) is 72.1 Å². The average Bonchev–Trinajstić information content (AvgIpc) is 2.73. The molecular formula is C19H15ClN6O4. The minimum atomic E-state index is -0.714. The molecule has 0 radical (unpaired) electrons. The van der Waals surface area contributed by atoms with Gasteiger partial charge >= 0.3 is 5.69 Å². The van der Waals surface area contributed by atoms with Crippen molar-refractivity contribution in [2.75, 3.05) is 5.43 Å². The van der Waals surface area contributed by atoms with Crippen LogP contribution in [-0.4, -0.2) is 20.1 Å². The Kier molecular flexibility index (Phi) is 6.18. The van der Waals surface area contributed by atoms with Crippen molar-refractivity contribution in [1.82, 2.24) is 4.57 Å². The maximum Gasteiger partial charge on any atom is 0.301 e. The van der Waals surface area contributed by atoms with E-state index in [1.807, 2.05) is 0 Å². The first kappa shape index (κ1) is 20.7. The third-order valence-electron chi connectivity index (χ3n) is 4.10. The van der Waals surface area contributed by atoms with Gasteiger partial charge in [-0.05, 0) is 35.9 Å². The molecular weight excluding hydrogens is 412 g/mol. The zero-order valence-corrected chi connectivity index (χ0v) is 16.1. The number of pyridine rings is 1. The van der Waals surface area contributed by atoms with Gasteiger partial charge in [-0.15, -0.1) is 0 Å². The van der Waals surface area contributed by atoms with Crippen LogP contribution in [0.1, 0.15) is 5.56 Å². The molecule has 1 heterocycles. The summed E-state index contributed by atoms with van der Waals surface area (Å²) < 4.78 is 1.79. The average molecular weight is 427 g/mol. The molecule has 0 unspecified atom stereocenters. The fourth-order valence-electron chi connectivity index (χ4n) is 2.58. The number of hydrazone groups is 1. The molecule has 0 fully saturated rings. The molecule has 11 heteroatoms. The Balaban J connectivity index is 1.98. The number of hydrogen-bond donors (Lipinski definition) is 2. The van der Waals surface area contributed by atoms with Gasteiger partial charge in [0, 0.05) is 23.5 Å². The Labute approximate surface area is 174 Å². The van der Waals surface area contributed by atoms with Crippen LogP contribution in [0, 0.1) is 25.6 Å². The highest BCUT2D eigenvalue weighted by Crippen LogP contribution is 2.29. The summed E-state index contributed by atoms with van der Waals surface area (Å²) in [7, 11) is 0. The van der Waals surface area contributed by atoms with Crippen LogP contribution in [0.25, 0.3) is 0 Å². The van der Waals surface area contributed by atoms with E-state index in [4.69, 9.17) is 17.0 Å². The minimum Gasteiger partial charge on any atom is -0.348 e. The third kappa shape index (κ3) is 5.06. The second kappa shape index (κ2) is 8.97. The minimum absolute atomic E-state index is 0.0172. The van der Waals surface area contributed by atoms with Gasteiger partial charge in [-0.25, -0.2) is 0 Å². The monoisotopic (exact) mass is 426 g/mol. The second-order valence-electron chi connectivity index (χ2n) is 6.15. The van der Waals surface area contributed by atoms with Crippen molar-refractivity contribution in [3.8, 4) is 0 Å². The molecule has 0 spiro atoms. The van der Waals surface area contributed by atoms with Crippen molar-refractivity contribution < 1.29 is 9.85 Å². The van der Waals surface area contributed by atoms with Gasteiger partial charge in [0.15, 0.2) is 0 Å². The summed E-state index contributed by atoms with van der Waals surface area (Å²) in [6, 6.07) is 13.4. The first-order chi connectivity index (χ1) is 14.3. The highest BCUT2D eigenvalue weighted by atomic mass is 35.5. The smallest absolute Gasteiger partial charge is 0.301 e. The molecule has 2 aromatic carbocycles. The molecule has 3 aromatic rings. The van der Waals surface area contributed by atoms with Crippen molar-refractivity contribution in [3.05, 3.63) is 103 Å². The first-order valence-corrected chi connectivity index (χ1v) is 8.93. The third-order valence-corrected chi connectivity index (χ3v) is 4.35. The number of nitro groups is 2. The largest absolute Gasteiger partial charge is 0.348 e. The summed E-state index contributed by atoms with van der Waals surface area (Å²) in [5.74, 6) is 0. The lowest BCUT2D eigenvalue weighted by atomic mass is 10.1. The van der Waals surface area contributed by atoms with E-state index in [1.54, 1.807) is 53.4 Å². The number of hydrogen-bond acceptors (Lipinski definition) is 7. The predicted molar refractivity (Wildman–Crippen MR) is 112 cm³/mol. The van der Waals surface area contributed by atoms with Gasteiger partial charge in [0.05, 0.1) is 33.5 Å². The Bertz CT molecular complexity index is 1170. The normalized spacial score (nSPS) is 11.2. The first-order valence-electron chi connectivity index (χ1n) is 8.55. The van der Waals surface area contributed by atoms with Crippen molar-refractivity contribution in [3.63, 3.8) is 0 Å². The van der Waals surface area contributed by atoms with Crippen LogP contribution >= 0.6 is 11.6 Å². The van der Waals surface area contributed by atoms with E-state index in [0.717, 1.165) is 17.7 Å². The zero-order valence-electron chi connectivity index (χ0n) is 15.4. The van der Waals surface area contributed by atoms with Gasteiger partial charge in [0.2, 0.25) is 0 Å². The lowest BCUT2D eigenvalue weighted by molar-refractivity contribution is -0.393. The molecule has 152 valence electrons. The quantitative estimate of drug-likeness (QED) is 0.334.